The molecule has 1 unspecified atom stereocenters. The average molecular weight is 265 g/mol. The normalized spacial score (nSPS) is 26.6. The van der Waals surface area contributed by atoms with Crippen LogP contribution < -0.4 is 5.32 Å². The number of nitrogens with one attached hydrogen (secondary N) is 1. The summed E-state index contributed by atoms with van der Waals surface area (Å²) in [7, 11) is -2.97. The summed E-state index contributed by atoms with van der Waals surface area (Å²) in [5.74, 6) is 0.259. The Bertz CT molecular complexity index is 551. The third-order valence-corrected chi connectivity index (χ3v) is 6.15. The van der Waals surface area contributed by atoms with Crippen molar-refractivity contribution in [2.45, 2.75) is 30.9 Å². The average Bonchev–Trinajstić information content (AvgIpc) is 2.38. The van der Waals surface area contributed by atoms with Crippen molar-refractivity contribution in [1.82, 2.24) is 5.32 Å². The summed E-state index contributed by atoms with van der Waals surface area (Å²) in [6.45, 7) is 1.14. The van der Waals surface area contributed by atoms with E-state index in [0.29, 0.717) is 13.1 Å². The number of benzene rings is 1. The molecular weight excluding hydrogens is 246 g/mol. The molecule has 1 saturated heterocycles. The van der Waals surface area contributed by atoms with Crippen LogP contribution in [0.1, 0.15) is 34.8 Å². The summed E-state index contributed by atoms with van der Waals surface area (Å²) >= 11 is 0. The van der Waals surface area contributed by atoms with Gasteiger partial charge in [-0.3, -0.25) is 0 Å². The molecule has 0 radical (unpaired) electrons. The van der Waals surface area contributed by atoms with Gasteiger partial charge in [-0.25, -0.2) is 8.42 Å². The maximum absolute atomic E-state index is 12.1. The quantitative estimate of drug-likeness (QED) is 0.839. The number of sulfone groups is 1. The lowest BCUT2D eigenvalue weighted by Gasteiger charge is -2.25. The Balaban J connectivity index is 1.96. The van der Waals surface area contributed by atoms with Crippen LogP contribution in [0.2, 0.25) is 0 Å². The predicted octanol–water partition coefficient (Wildman–Crippen LogP) is 1.62. The molecule has 3 rings (SSSR count). The first kappa shape index (κ1) is 12.2. The zero-order valence-electron chi connectivity index (χ0n) is 10.5. The maximum atomic E-state index is 12.1. The van der Waals surface area contributed by atoms with Gasteiger partial charge in [0.25, 0.3) is 0 Å². The Hall–Kier alpha value is -0.870. The number of hydrogen-bond donors (Lipinski definition) is 1. The van der Waals surface area contributed by atoms with Crippen LogP contribution in [0.3, 0.4) is 0 Å². The van der Waals surface area contributed by atoms with Crippen LogP contribution in [0.4, 0.5) is 0 Å². The Labute approximate surface area is 109 Å². The molecule has 1 heterocycles. The third kappa shape index (κ3) is 2.19. The standard InChI is InChI=1S/C14H19NO2S/c16-18(17)8-7-15-10-14(18)13-6-5-11-3-1-2-4-12(11)9-13/h5-6,9,14-15H,1-4,7-8,10H2. The molecule has 1 atom stereocenters. The van der Waals surface area contributed by atoms with Crippen molar-refractivity contribution in [2.75, 3.05) is 18.8 Å². The second kappa shape index (κ2) is 4.67. The molecule has 0 amide bonds. The molecule has 18 heavy (non-hydrogen) atoms. The molecule has 0 aromatic heterocycles. The highest BCUT2D eigenvalue weighted by molar-refractivity contribution is 7.91. The molecule has 1 aromatic rings. The fourth-order valence-electron chi connectivity index (χ4n) is 3.00. The van der Waals surface area contributed by atoms with Crippen LogP contribution in [0.25, 0.3) is 0 Å². The molecule has 1 aliphatic heterocycles. The second-order valence-electron chi connectivity index (χ2n) is 5.30. The molecular formula is C14H19NO2S. The molecule has 2 aliphatic rings. The van der Waals surface area contributed by atoms with Crippen molar-refractivity contribution in [2.24, 2.45) is 0 Å². The minimum atomic E-state index is -2.97. The largest absolute Gasteiger partial charge is 0.314 e. The summed E-state index contributed by atoms with van der Waals surface area (Å²) in [5.41, 5.74) is 3.74. The Morgan fingerprint density at radius 2 is 1.89 bits per heavy atom. The van der Waals surface area contributed by atoms with Gasteiger partial charge in [-0.1, -0.05) is 18.2 Å². The molecule has 98 valence electrons. The van der Waals surface area contributed by atoms with Gasteiger partial charge in [0.2, 0.25) is 0 Å². The molecule has 1 aliphatic carbocycles. The lowest BCUT2D eigenvalue weighted by molar-refractivity contribution is 0.551. The van der Waals surface area contributed by atoms with Crippen LogP contribution >= 0.6 is 0 Å². The van der Waals surface area contributed by atoms with E-state index < -0.39 is 9.84 Å². The van der Waals surface area contributed by atoms with E-state index >= 15 is 0 Å². The SMILES string of the molecule is O=S1(=O)CCNCC1c1ccc2c(c1)CCCC2. The van der Waals surface area contributed by atoms with Gasteiger partial charge in [0.1, 0.15) is 0 Å². The summed E-state index contributed by atoms with van der Waals surface area (Å²) in [4.78, 5) is 0. The minimum Gasteiger partial charge on any atom is -0.314 e. The molecule has 0 spiro atoms. The highest BCUT2D eigenvalue weighted by atomic mass is 32.2. The van der Waals surface area contributed by atoms with Crippen LogP contribution in [0, 0.1) is 0 Å². The smallest absolute Gasteiger partial charge is 0.159 e. The number of fused-ring (bicyclic) bond motifs is 1. The predicted molar refractivity (Wildman–Crippen MR) is 72.5 cm³/mol. The van der Waals surface area contributed by atoms with E-state index in [1.165, 1.54) is 24.0 Å². The van der Waals surface area contributed by atoms with Gasteiger partial charge in [-0.15, -0.1) is 0 Å². The summed E-state index contributed by atoms with van der Waals surface area (Å²) in [5, 5.41) is 2.84. The van der Waals surface area contributed by atoms with Crippen LogP contribution in [-0.2, 0) is 22.7 Å². The third-order valence-electron chi connectivity index (χ3n) is 4.07. The number of rotatable bonds is 1. The van der Waals surface area contributed by atoms with E-state index in [1.807, 2.05) is 6.07 Å². The lowest BCUT2D eigenvalue weighted by Crippen LogP contribution is -2.38. The van der Waals surface area contributed by atoms with Crippen molar-refractivity contribution in [1.29, 1.82) is 0 Å². The summed E-state index contributed by atoms with van der Waals surface area (Å²) in [6, 6.07) is 6.27. The summed E-state index contributed by atoms with van der Waals surface area (Å²) in [6.07, 6.45) is 4.73. The molecule has 1 fully saturated rings. The fourth-order valence-corrected chi connectivity index (χ4v) is 4.64. The van der Waals surface area contributed by atoms with Gasteiger partial charge in [0.15, 0.2) is 9.84 Å². The number of hydrogen-bond acceptors (Lipinski definition) is 3. The van der Waals surface area contributed by atoms with Crippen LogP contribution in [-0.4, -0.2) is 27.3 Å². The van der Waals surface area contributed by atoms with Gasteiger partial charge >= 0.3 is 0 Å². The van der Waals surface area contributed by atoms with E-state index in [1.54, 1.807) is 0 Å². The van der Waals surface area contributed by atoms with E-state index in [-0.39, 0.29) is 11.0 Å². The van der Waals surface area contributed by atoms with E-state index in [2.05, 4.69) is 17.4 Å². The molecule has 1 aromatic carbocycles. The van der Waals surface area contributed by atoms with E-state index in [0.717, 1.165) is 18.4 Å². The van der Waals surface area contributed by atoms with Crippen LogP contribution in [0.5, 0.6) is 0 Å². The fraction of sp³-hybridized carbons (Fsp3) is 0.571. The van der Waals surface area contributed by atoms with Gasteiger partial charge in [-0.2, -0.15) is 0 Å². The van der Waals surface area contributed by atoms with Gasteiger partial charge in [0, 0.05) is 13.1 Å². The number of aryl methyl sites for hydroxylation is 2. The second-order valence-corrected chi connectivity index (χ2v) is 7.60. The first-order chi connectivity index (χ1) is 8.67. The Morgan fingerprint density at radius 1 is 1.11 bits per heavy atom. The monoisotopic (exact) mass is 265 g/mol. The first-order valence-electron chi connectivity index (χ1n) is 6.71. The van der Waals surface area contributed by atoms with Crippen molar-refractivity contribution in [3.8, 4) is 0 Å². The Morgan fingerprint density at radius 3 is 2.67 bits per heavy atom. The van der Waals surface area contributed by atoms with Gasteiger partial charge in [-0.05, 0) is 42.4 Å². The van der Waals surface area contributed by atoms with Crippen molar-refractivity contribution < 1.29 is 8.42 Å². The zero-order valence-corrected chi connectivity index (χ0v) is 11.3. The lowest BCUT2D eigenvalue weighted by atomic mass is 9.90. The Kier molecular flexibility index (Phi) is 3.16. The van der Waals surface area contributed by atoms with Crippen LogP contribution in [0.15, 0.2) is 18.2 Å². The first-order valence-corrected chi connectivity index (χ1v) is 8.42. The highest BCUT2D eigenvalue weighted by Crippen LogP contribution is 2.29. The highest BCUT2D eigenvalue weighted by Gasteiger charge is 2.30. The van der Waals surface area contributed by atoms with Gasteiger partial charge < -0.3 is 5.32 Å². The maximum Gasteiger partial charge on any atom is 0.159 e. The molecule has 0 saturated carbocycles. The molecule has 1 N–H and O–H groups in total. The molecule has 4 heteroatoms. The van der Waals surface area contributed by atoms with Crippen molar-refractivity contribution in [3.05, 3.63) is 34.9 Å². The summed E-state index contributed by atoms with van der Waals surface area (Å²) < 4.78 is 24.2. The van der Waals surface area contributed by atoms with Crippen molar-refractivity contribution >= 4 is 9.84 Å². The topological polar surface area (TPSA) is 46.2 Å². The molecule has 0 bridgehead atoms. The van der Waals surface area contributed by atoms with Gasteiger partial charge in [0.05, 0.1) is 11.0 Å². The zero-order chi connectivity index (χ0) is 12.6. The van der Waals surface area contributed by atoms with E-state index in [9.17, 15) is 8.42 Å². The minimum absolute atomic E-state index is 0.259. The van der Waals surface area contributed by atoms with Crippen molar-refractivity contribution in [3.63, 3.8) is 0 Å². The van der Waals surface area contributed by atoms with E-state index in [4.69, 9.17) is 0 Å². The molecule has 3 nitrogen and oxygen atoms in total.